The molecule has 0 spiro atoms. The van der Waals surface area contributed by atoms with E-state index in [4.69, 9.17) is 0 Å². The molecule has 2 aromatic carbocycles. The number of rotatable bonds is 6. The first-order valence-electron chi connectivity index (χ1n) is 8.29. The number of hydrogen-bond donors (Lipinski definition) is 0. The van der Waals surface area contributed by atoms with Crippen LogP contribution in [-0.2, 0) is 25.4 Å². The van der Waals surface area contributed by atoms with Crippen molar-refractivity contribution < 1.29 is 16.8 Å². The van der Waals surface area contributed by atoms with Crippen molar-refractivity contribution in [1.29, 1.82) is 0 Å². The first-order chi connectivity index (χ1) is 13.0. The molecule has 1 aromatic heterocycles. The maximum atomic E-state index is 11.6. The fraction of sp³-hybridized carbons (Fsp3) is 0.211. The second-order valence-corrected chi connectivity index (χ2v) is 11.6. The summed E-state index contributed by atoms with van der Waals surface area (Å²) in [7, 11) is -4.40. The molecule has 0 radical (unpaired) electrons. The van der Waals surface area contributed by atoms with Crippen LogP contribution in [0.1, 0.15) is 5.56 Å². The van der Waals surface area contributed by atoms with E-state index in [1.807, 2.05) is 29.5 Å². The van der Waals surface area contributed by atoms with E-state index in [1.165, 1.54) is 23.8 Å². The van der Waals surface area contributed by atoms with Crippen LogP contribution in [0.4, 0.5) is 10.8 Å². The highest BCUT2D eigenvalue weighted by Gasteiger charge is 2.12. The van der Waals surface area contributed by atoms with Crippen molar-refractivity contribution in [3.8, 4) is 11.3 Å². The van der Waals surface area contributed by atoms with E-state index in [2.05, 4.69) is 4.98 Å². The van der Waals surface area contributed by atoms with Gasteiger partial charge in [-0.25, -0.2) is 21.8 Å². The Morgan fingerprint density at radius 2 is 1.54 bits per heavy atom. The van der Waals surface area contributed by atoms with Gasteiger partial charge in [-0.15, -0.1) is 11.3 Å². The molecule has 0 amide bonds. The number of anilines is 2. The lowest BCUT2D eigenvalue weighted by atomic mass is 10.2. The zero-order valence-electron chi connectivity index (χ0n) is 15.7. The van der Waals surface area contributed by atoms with E-state index in [-0.39, 0.29) is 10.6 Å². The number of benzene rings is 2. The fourth-order valence-corrected chi connectivity index (χ4v) is 4.90. The van der Waals surface area contributed by atoms with Gasteiger partial charge in [-0.1, -0.05) is 24.3 Å². The van der Waals surface area contributed by atoms with E-state index in [1.54, 1.807) is 36.4 Å². The molecule has 148 valence electrons. The number of thiazole rings is 1. The molecule has 0 aliphatic heterocycles. The lowest BCUT2D eigenvalue weighted by Gasteiger charge is -2.16. The Morgan fingerprint density at radius 3 is 2.07 bits per heavy atom. The Morgan fingerprint density at radius 1 is 0.929 bits per heavy atom. The molecule has 9 heteroatoms. The molecular weight excluding hydrogens is 416 g/mol. The highest BCUT2D eigenvalue weighted by molar-refractivity contribution is 7.90. The van der Waals surface area contributed by atoms with E-state index in [0.29, 0.717) is 0 Å². The lowest BCUT2D eigenvalue weighted by molar-refractivity contribution is 0.599. The lowest BCUT2D eigenvalue weighted by Crippen LogP contribution is -2.09. The first kappa shape index (κ1) is 20.5. The number of sulfone groups is 2. The van der Waals surface area contributed by atoms with Gasteiger partial charge in [0.15, 0.2) is 24.8 Å². The topological polar surface area (TPSA) is 84.4 Å². The summed E-state index contributed by atoms with van der Waals surface area (Å²) in [5.41, 5.74) is 3.24. The Hall–Kier alpha value is -2.23. The van der Waals surface area contributed by atoms with Gasteiger partial charge in [0.25, 0.3) is 0 Å². The molecule has 0 aliphatic carbocycles. The average Bonchev–Trinajstić information content (AvgIpc) is 3.10. The Balaban J connectivity index is 1.79. The van der Waals surface area contributed by atoms with Gasteiger partial charge in [-0.2, -0.15) is 0 Å². The van der Waals surface area contributed by atoms with Crippen LogP contribution in [0.5, 0.6) is 0 Å². The van der Waals surface area contributed by atoms with Gasteiger partial charge in [0.2, 0.25) is 0 Å². The summed E-state index contributed by atoms with van der Waals surface area (Å²) in [6, 6.07) is 14.0. The van der Waals surface area contributed by atoms with Gasteiger partial charge >= 0.3 is 0 Å². The number of aromatic nitrogens is 1. The van der Waals surface area contributed by atoms with Crippen LogP contribution >= 0.6 is 11.3 Å². The van der Waals surface area contributed by atoms with Gasteiger partial charge in [0.05, 0.1) is 16.3 Å². The molecule has 6 nitrogen and oxygen atoms in total. The predicted molar refractivity (Wildman–Crippen MR) is 114 cm³/mol. The Bertz CT molecular complexity index is 1180. The zero-order chi connectivity index (χ0) is 20.5. The highest BCUT2D eigenvalue weighted by atomic mass is 32.2. The zero-order valence-corrected chi connectivity index (χ0v) is 18.1. The van der Waals surface area contributed by atoms with Crippen molar-refractivity contribution in [2.24, 2.45) is 0 Å². The summed E-state index contributed by atoms with van der Waals surface area (Å²) in [6.07, 6.45) is 2.39. The quantitative estimate of drug-likeness (QED) is 0.588. The van der Waals surface area contributed by atoms with Gasteiger partial charge in [-0.3, -0.25) is 0 Å². The second-order valence-electron chi connectivity index (χ2n) is 6.61. The van der Waals surface area contributed by atoms with Crippen LogP contribution in [0, 0.1) is 0 Å². The maximum Gasteiger partial charge on any atom is 0.190 e. The van der Waals surface area contributed by atoms with Crippen LogP contribution in [0.2, 0.25) is 0 Å². The molecule has 28 heavy (non-hydrogen) atoms. The molecule has 0 atom stereocenters. The molecule has 3 rings (SSSR count). The monoisotopic (exact) mass is 436 g/mol. The predicted octanol–water partition coefficient (Wildman–Crippen LogP) is 3.53. The molecule has 0 N–H and O–H groups in total. The largest absolute Gasteiger partial charge is 0.321 e. The van der Waals surface area contributed by atoms with E-state index in [9.17, 15) is 16.8 Å². The first-order valence-corrected chi connectivity index (χ1v) is 13.1. The van der Waals surface area contributed by atoms with Crippen molar-refractivity contribution in [2.75, 3.05) is 24.5 Å². The molecule has 0 fully saturated rings. The number of nitrogens with zero attached hydrogens (tertiary/aromatic N) is 2. The van der Waals surface area contributed by atoms with Crippen LogP contribution in [-0.4, -0.2) is 41.4 Å². The highest BCUT2D eigenvalue weighted by Crippen LogP contribution is 2.31. The molecule has 0 saturated heterocycles. The van der Waals surface area contributed by atoms with Crippen molar-refractivity contribution in [2.45, 2.75) is 10.6 Å². The summed E-state index contributed by atoms with van der Waals surface area (Å²) in [5, 5.41) is 2.69. The van der Waals surface area contributed by atoms with Crippen molar-refractivity contribution in [3.63, 3.8) is 0 Å². The molecule has 0 unspecified atom stereocenters. The molecule has 0 saturated carbocycles. The standard InChI is InChI=1S/C19H20N2O4S3/c1-21(16-8-4-14(5-9-16)13-27(2,22)23)19-20-18(12-26-19)15-6-10-17(11-7-15)28(3,24)25/h4-12H,13H2,1-3H3. The van der Waals surface area contributed by atoms with Crippen molar-refractivity contribution in [3.05, 3.63) is 59.5 Å². The average molecular weight is 437 g/mol. The minimum Gasteiger partial charge on any atom is -0.321 e. The second kappa shape index (κ2) is 7.65. The third-order valence-corrected chi connectivity index (χ3v) is 7.01. The summed E-state index contributed by atoms with van der Waals surface area (Å²) >= 11 is 1.47. The van der Waals surface area contributed by atoms with Gasteiger partial charge in [0, 0.05) is 36.2 Å². The normalized spacial score (nSPS) is 12.1. The van der Waals surface area contributed by atoms with Crippen LogP contribution < -0.4 is 4.90 Å². The van der Waals surface area contributed by atoms with Crippen LogP contribution in [0.15, 0.2) is 58.8 Å². The van der Waals surface area contributed by atoms with E-state index >= 15 is 0 Å². The molecule has 1 heterocycles. The molecule has 0 aliphatic rings. The van der Waals surface area contributed by atoms with Gasteiger partial charge in [0.1, 0.15) is 0 Å². The van der Waals surface area contributed by atoms with E-state index < -0.39 is 19.7 Å². The van der Waals surface area contributed by atoms with Gasteiger partial charge in [-0.05, 0) is 29.8 Å². The SMILES string of the molecule is CN(c1ccc(CS(C)(=O)=O)cc1)c1nc(-c2ccc(S(C)(=O)=O)cc2)cs1. The molecular formula is C19H20N2O4S3. The Labute approximate surface area is 169 Å². The number of hydrogen-bond acceptors (Lipinski definition) is 7. The summed E-state index contributed by atoms with van der Waals surface area (Å²) in [4.78, 5) is 6.83. The summed E-state index contributed by atoms with van der Waals surface area (Å²) < 4.78 is 46.0. The Kier molecular flexibility index (Phi) is 5.60. The molecule has 0 bridgehead atoms. The van der Waals surface area contributed by atoms with Crippen molar-refractivity contribution >= 4 is 41.8 Å². The summed E-state index contributed by atoms with van der Waals surface area (Å²) in [5.74, 6) is 0.0157. The van der Waals surface area contributed by atoms with E-state index in [0.717, 1.165) is 27.6 Å². The van der Waals surface area contributed by atoms with Crippen LogP contribution in [0.3, 0.4) is 0 Å². The molecule has 3 aromatic rings. The summed E-state index contributed by atoms with van der Waals surface area (Å²) in [6.45, 7) is 0. The minimum atomic E-state index is -3.22. The smallest absolute Gasteiger partial charge is 0.190 e. The third-order valence-electron chi connectivity index (χ3n) is 4.11. The van der Waals surface area contributed by atoms with Crippen LogP contribution in [0.25, 0.3) is 11.3 Å². The van der Waals surface area contributed by atoms with Gasteiger partial charge < -0.3 is 4.90 Å². The fourth-order valence-electron chi connectivity index (χ4n) is 2.65. The van der Waals surface area contributed by atoms with Crippen molar-refractivity contribution in [1.82, 2.24) is 4.98 Å². The third kappa shape index (κ3) is 4.98. The maximum absolute atomic E-state index is 11.6. The minimum absolute atomic E-state index is 0.0157.